The number of hydrogen-bond acceptors (Lipinski definition) is 5. The monoisotopic (exact) mass is 473 g/mol. The highest BCUT2D eigenvalue weighted by Crippen LogP contribution is 2.36. The lowest BCUT2D eigenvalue weighted by molar-refractivity contribution is 0.0950. The summed E-state index contributed by atoms with van der Waals surface area (Å²) in [5, 5.41) is 3.22. The average Bonchev–Trinajstić information content (AvgIpc) is 2.79. The summed E-state index contributed by atoms with van der Waals surface area (Å²) in [6, 6.07) is 18.3. The van der Waals surface area contributed by atoms with E-state index in [4.69, 9.17) is 21.1 Å². The van der Waals surface area contributed by atoms with Gasteiger partial charge in [0, 0.05) is 12.1 Å². The van der Waals surface area contributed by atoms with Gasteiger partial charge in [-0.1, -0.05) is 41.9 Å². The first-order valence-corrected chi connectivity index (χ1v) is 12.0. The maximum atomic E-state index is 12.7. The predicted molar refractivity (Wildman–Crippen MR) is 124 cm³/mol. The fourth-order valence-corrected chi connectivity index (χ4v) is 4.82. The molecule has 0 aliphatic heterocycles. The van der Waals surface area contributed by atoms with Gasteiger partial charge in [0.25, 0.3) is 5.91 Å². The molecule has 0 heterocycles. The molecule has 0 aliphatic rings. The van der Waals surface area contributed by atoms with Gasteiger partial charge in [-0.2, -0.15) is 0 Å². The van der Waals surface area contributed by atoms with Crippen LogP contribution in [0.25, 0.3) is 0 Å². The quantitative estimate of drug-likeness (QED) is 0.489. The number of ether oxygens (including phenoxy) is 2. The molecule has 0 fully saturated rings. The standard InChI is InChI=1S/C24H24ClNO5S/c1-3-31-23-21(25)13-18(14-22(23)30-2)15-26-24(27)19-9-7-8-17(12-19)16-32(28,29)20-10-5-4-6-11-20/h4-14H,3,15-16H2,1-2H3,(H,26,27). The molecule has 0 atom stereocenters. The van der Waals surface area contributed by atoms with Crippen LogP contribution in [-0.4, -0.2) is 28.0 Å². The van der Waals surface area contributed by atoms with E-state index in [9.17, 15) is 13.2 Å². The van der Waals surface area contributed by atoms with Crippen LogP contribution in [0.1, 0.15) is 28.4 Å². The van der Waals surface area contributed by atoms with Gasteiger partial charge >= 0.3 is 0 Å². The minimum atomic E-state index is -3.50. The number of halogens is 1. The van der Waals surface area contributed by atoms with Crippen molar-refractivity contribution in [3.63, 3.8) is 0 Å². The zero-order valence-corrected chi connectivity index (χ0v) is 19.4. The van der Waals surface area contributed by atoms with Crippen molar-refractivity contribution >= 4 is 27.3 Å². The van der Waals surface area contributed by atoms with Crippen LogP contribution in [0.4, 0.5) is 0 Å². The van der Waals surface area contributed by atoms with Gasteiger partial charge in [0.2, 0.25) is 0 Å². The number of sulfone groups is 1. The highest BCUT2D eigenvalue weighted by molar-refractivity contribution is 7.90. The molecule has 0 spiro atoms. The van der Waals surface area contributed by atoms with Gasteiger partial charge in [-0.3, -0.25) is 4.79 Å². The third kappa shape index (κ3) is 5.81. The molecule has 32 heavy (non-hydrogen) atoms. The summed E-state index contributed by atoms with van der Waals surface area (Å²) in [6.07, 6.45) is 0. The van der Waals surface area contributed by atoms with Gasteiger partial charge in [0.1, 0.15) is 0 Å². The summed E-state index contributed by atoms with van der Waals surface area (Å²) in [5.41, 5.74) is 1.65. The van der Waals surface area contributed by atoms with E-state index in [0.717, 1.165) is 5.56 Å². The third-order valence-corrected chi connectivity index (χ3v) is 6.66. The van der Waals surface area contributed by atoms with Crippen molar-refractivity contribution in [3.8, 4) is 11.5 Å². The first-order valence-electron chi connectivity index (χ1n) is 9.98. The van der Waals surface area contributed by atoms with Gasteiger partial charge < -0.3 is 14.8 Å². The van der Waals surface area contributed by atoms with Crippen molar-refractivity contribution in [2.75, 3.05) is 13.7 Å². The molecule has 3 aromatic rings. The molecule has 6 nitrogen and oxygen atoms in total. The van der Waals surface area contributed by atoms with Crippen molar-refractivity contribution < 1.29 is 22.7 Å². The second kappa shape index (κ2) is 10.5. The number of rotatable bonds is 9. The first kappa shape index (κ1) is 23.6. The van der Waals surface area contributed by atoms with E-state index in [1.807, 2.05) is 6.92 Å². The largest absolute Gasteiger partial charge is 0.493 e. The van der Waals surface area contributed by atoms with Crippen molar-refractivity contribution in [2.45, 2.75) is 24.1 Å². The number of benzene rings is 3. The van der Waals surface area contributed by atoms with E-state index in [1.54, 1.807) is 66.7 Å². The summed E-state index contributed by atoms with van der Waals surface area (Å²) in [5.74, 6) is 0.424. The second-order valence-corrected chi connectivity index (χ2v) is 9.39. The average molecular weight is 474 g/mol. The Bertz CT molecular complexity index is 1200. The van der Waals surface area contributed by atoms with E-state index in [1.165, 1.54) is 7.11 Å². The highest BCUT2D eigenvalue weighted by atomic mass is 35.5. The summed E-state index contributed by atoms with van der Waals surface area (Å²) in [7, 11) is -1.99. The predicted octanol–water partition coefficient (Wildman–Crippen LogP) is 4.65. The van der Waals surface area contributed by atoms with Crippen LogP contribution in [0.3, 0.4) is 0 Å². The number of hydrogen-bond donors (Lipinski definition) is 1. The van der Waals surface area contributed by atoms with Crippen molar-refractivity contribution in [2.24, 2.45) is 0 Å². The lowest BCUT2D eigenvalue weighted by Gasteiger charge is -2.14. The molecule has 3 aromatic carbocycles. The van der Waals surface area contributed by atoms with Crippen LogP contribution in [0.5, 0.6) is 11.5 Å². The summed E-state index contributed by atoms with van der Waals surface area (Å²) >= 11 is 6.28. The van der Waals surface area contributed by atoms with Gasteiger partial charge in [-0.25, -0.2) is 8.42 Å². The normalized spacial score (nSPS) is 11.1. The number of carbonyl (C=O) groups excluding carboxylic acids is 1. The van der Waals surface area contributed by atoms with E-state index in [2.05, 4.69) is 5.32 Å². The highest BCUT2D eigenvalue weighted by Gasteiger charge is 2.16. The number of amides is 1. The van der Waals surface area contributed by atoms with Gasteiger partial charge in [-0.15, -0.1) is 0 Å². The summed E-state index contributed by atoms with van der Waals surface area (Å²) < 4.78 is 36.1. The second-order valence-electron chi connectivity index (χ2n) is 7.00. The Hall–Kier alpha value is -3.03. The fraction of sp³-hybridized carbons (Fsp3) is 0.208. The molecule has 0 unspecified atom stereocenters. The Balaban J connectivity index is 1.71. The maximum absolute atomic E-state index is 12.7. The molecule has 0 aliphatic carbocycles. The first-order chi connectivity index (χ1) is 15.3. The molecule has 3 rings (SSSR count). The van der Waals surface area contributed by atoms with Crippen molar-refractivity contribution in [1.29, 1.82) is 0 Å². The van der Waals surface area contributed by atoms with Gasteiger partial charge in [0.15, 0.2) is 21.3 Å². The van der Waals surface area contributed by atoms with Gasteiger partial charge in [0.05, 0.1) is 29.4 Å². The molecule has 0 saturated carbocycles. The lowest BCUT2D eigenvalue weighted by atomic mass is 10.1. The molecule has 0 bridgehead atoms. The number of carbonyl (C=O) groups is 1. The number of nitrogens with one attached hydrogen (secondary N) is 1. The summed E-state index contributed by atoms with van der Waals surface area (Å²) in [6.45, 7) is 2.51. The van der Waals surface area contributed by atoms with Crippen LogP contribution in [0, 0.1) is 0 Å². The fourth-order valence-electron chi connectivity index (χ4n) is 3.18. The molecular weight excluding hydrogens is 450 g/mol. The van der Waals surface area contributed by atoms with E-state index in [-0.39, 0.29) is 23.1 Å². The molecule has 8 heteroatoms. The van der Waals surface area contributed by atoms with Crippen molar-refractivity contribution in [1.82, 2.24) is 5.32 Å². The molecule has 0 saturated heterocycles. The third-order valence-electron chi connectivity index (χ3n) is 4.68. The zero-order valence-electron chi connectivity index (χ0n) is 17.8. The molecule has 1 N–H and O–H groups in total. The SMILES string of the molecule is CCOc1c(Cl)cc(CNC(=O)c2cccc(CS(=O)(=O)c3ccccc3)c2)cc1OC. The van der Waals surface area contributed by atoms with Crippen molar-refractivity contribution in [3.05, 3.63) is 88.4 Å². The number of methoxy groups -OCH3 is 1. The maximum Gasteiger partial charge on any atom is 0.251 e. The lowest BCUT2D eigenvalue weighted by Crippen LogP contribution is -2.23. The van der Waals surface area contributed by atoms with Crippen LogP contribution >= 0.6 is 11.6 Å². The molecule has 0 aromatic heterocycles. The molecule has 0 radical (unpaired) electrons. The Kier molecular flexibility index (Phi) is 7.77. The minimum Gasteiger partial charge on any atom is -0.493 e. The topological polar surface area (TPSA) is 81.7 Å². The van der Waals surface area contributed by atoms with E-state index < -0.39 is 9.84 Å². The van der Waals surface area contributed by atoms with E-state index >= 15 is 0 Å². The Morgan fingerprint density at radius 2 is 1.75 bits per heavy atom. The van der Waals surface area contributed by atoms with Crippen LogP contribution in [0.2, 0.25) is 5.02 Å². The molecular formula is C24H24ClNO5S. The summed E-state index contributed by atoms with van der Waals surface area (Å²) in [4.78, 5) is 12.9. The van der Waals surface area contributed by atoms with E-state index in [0.29, 0.717) is 34.3 Å². The van der Waals surface area contributed by atoms with Crippen LogP contribution in [-0.2, 0) is 22.1 Å². The Labute approximate surface area is 193 Å². The smallest absolute Gasteiger partial charge is 0.251 e. The minimum absolute atomic E-state index is 0.191. The molecule has 1 amide bonds. The van der Waals surface area contributed by atoms with Gasteiger partial charge in [-0.05, 0) is 54.4 Å². The Morgan fingerprint density at radius 3 is 2.44 bits per heavy atom. The Morgan fingerprint density at radius 1 is 1.00 bits per heavy atom. The molecule has 168 valence electrons. The van der Waals surface area contributed by atoms with Crippen LogP contribution < -0.4 is 14.8 Å². The van der Waals surface area contributed by atoms with Crippen LogP contribution in [0.15, 0.2) is 71.6 Å². The zero-order chi connectivity index (χ0) is 23.1.